The predicted octanol–water partition coefficient (Wildman–Crippen LogP) is 2.02. The van der Waals surface area contributed by atoms with Crippen LogP contribution in [-0.2, 0) is 16.1 Å². The average Bonchev–Trinajstić information content (AvgIpc) is 2.58. The Morgan fingerprint density at radius 1 is 1.46 bits per heavy atom. The minimum absolute atomic E-state index is 0.0163. The number of hydrogen-bond donors (Lipinski definition) is 1. The van der Waals surface area contributed by atoms with E-state index in [2.05, 4.69) is 14.7 Å². The molecule has 1 aromatic rings. The lowest BCUT2D eigenvalue weighted by Gasteiger charge is -2.36. The number of aromatic nitrogens is 2. The van der Waals surface area contributed by atoms with Crippen LogP contribution in [0.25, 0.3) is 0 Å². The summed E-state index contributed by atoms with van der Waals surface area (Å²) >= 11 is 6.20. The number of esters is 1. The summed E-state index contributed by atoms with van der Waals surface area (Å²) in [6, 6.07) is -0.445. The molecule has 2 heterocycles. The van der Waals surface area contributed by atoms with Crippen molar-refractivity contribution in [3.63, 3.8) is 0 Å². The Morgan fingerprint density at radius 2 is 2.17 bits per heavy atom. The lowest BCUT2D eigenvalue weighted by molar-refractivity contribution is -0.138. The van der Waals surface area contributed by atoms with Gasteiger partial charge in [-0.25, -0.2) is 9.78 Å². The zero-order valence-electron chi connectivity index (χ0n) is 13.6. The van der Waals surface area contributed by atoms with E-state index in [-0.39, 0.29) is 19.0 Å². The van der Waals surface area contributed by atoms with E-state index in [1.807, 2.05) is 0 Å². The molecule has 2 amide bonds. The van der Waals surface area contributed by atoms with Crippen LogP contribution >= 0.6 is 11.6 Å². The summed E-state index contributed by atoms with van der Waals surface area (Å²) in [6.45, 7) is 3.47. The van der Waals surface area contributed by atoms with Crippen LogP contribution in [-0.4, -0.2) is 40.5 Å². The molecule has 2 rings (SSSR count). The monoisotopic (exact) mass is 351 g/mol. The summed E-state index contributed by atoms with van der Waals surface area (Å²) in [5, 5.41) is 0.420. The number of allylic oxidation sites excluding steroid dienone is 3. The normalized spacial score (nSPS) is 15.4. The van der Waals surface area contributed by atoms with E-state index >= 15 is 0 Å². The first-order valence-corrected chi connectivity index (χ1v) is 7.56. The van der Waals surface area contributed by atoms with Gasteiger partial charge in [0.2, 0.25) is 5.95 Å². The second-order valence-corrected chi connectivity index (χ2v) is 5.33. The Hall–Kier alpha value is -2.61. The Labute approximate surface area is 144 Å². The SMILES string of the molecule is C/C=C(Cl)\C(=C/C)N1Cc2cnc(N)nc2N(CC(=O)OC)C1=O. The fourth-order valence-electron chi connectivity index (χ4n) is 2.33. The minimum atomic E-state index is -0.576. The number of nitrogens with two attached hydrogens (primary N) is 1. The maximum absolute atomic E-state index is 12.9. The number of hydrogen-bond acceptors (Lipinski definition) is 6. The van der Waals surface area contributed by atoms with Gasteiger partial charge in [-0.2, -0.15) is 4.98 Å². The third-order valence-electron chi connectivity index (χ3n) is 3.48. The van der Waals surface area contributed by atoms with Crippen molar-refractivity contribution >= 4 is 35.4 Å². The summed E-state index contributed by atoms with van der Waals surface area (Å²) in [4.78, 5) is 35.3. The summed E-state index contributed by atoms with van der Waals surface area (Å²) in [7, 11) is 1.25. The lowest BCUT2D eigenvalue weighted by atomic mass is 10.2. The fraction of sp³-hybridized carbons (Fsp3) is 0.333. The molecule has 1 aliphatic rings. The van der Waals surface area contributed by atoms with Gasteiger partial charge in [0, 0.05) is 11.8 Å². The van der Waals surface area contributed by atoms with Gasteiger partial charge in [-0.1, -0.05) is 23.8 Å². The molecular weight excluding hydrogens is 334 g/mol. The first-order valence-electron chi connectivity index (χ1n) is 7.18. The van der Waals surface area contributed by atoms with Crippen molar-refractivity contribution in [1.29, 1.82) is 0 Å². The van der Waals surface area contributed by atoms with Gasteiger partial charge in [0.25, 0.3) is 0 Å². The summed E-state index contributed by atoms with van der Waals surface area (Å²) in [5.41, 5.74) is 6.79. The second-order valence-electron chi connectivity index (χ2n) is 4.92. The molecule has 0 spiro atoms. The maximum atomic E-state index is 12.9. The number of ether oxygens (including phenoxy) is 1. The van der Waals surface area contributed by atoms with Crippen molar-refractivity contribution in [2.75, 3.05) is 24.3 Å². The number of urea groups is 1. The van der Waals surface area contributed by atoms with Gasteiger partial charge in [-0.05, 0) is 13.8 Å². The van der Waals surface area contributed by atoms with E-state index in [0.29, 0.717) is 22.1 Å². The molecule has 8 nitrogen and oxygen atoms in total. The molecule has 0 radical (unpaired) electrons. The van der Waals surface area contributed by atoms with E-state index in [9.17, 15) is 9.59 Å². The van der Waals surface area contributed by atoms with Crippen molar-refractivity contribution < 1.29 is 14.3 Å². The maximum Gasteiger partial charge on any atom is 0.331 e. The second kappa shape index (κ2) is 7.31. The zero-order chi connectivity index (χ0) is 17.9. The van der Waals surface area contributed by atoms with E-state index in [4.69, 9.17) is 17.3 Å². The van der Waals surface area contributed by atoms with Crippen LogP contribution in [0.5, 0.6) is 0 Å². The van der Waals surface area contributed by atoms with Gasteiger partial charge in [0.1, 0.15) is 12.4 Å². The molecule has 1 aliphatic heterocycles. The molecule has 0 aromatic carbocycles. The Morgan fingerprint density at radius 3 is 2.75 bits per heavy atom. The average molecular weight is 352 g/mol. The molecule has 9 heteroatoms. The Bertz CT molecular complexity index is 732. The molecule has 0 saturated carbocycles. The predicted molar refractivity (Wildman–Crippen MR) is 90.1 cm³/mol. The van der Waals surface area contributed by atoms with Crippen LogP contribution < -0.4 is 10.6 Å². The van der Waals surface area contributed by atoms with Gasteiger partial charge in [-0.15, -0.1) is 0 Å². The third kappa shape index (κ3) is 3.33. The van der Waals surface area contributed by atoms with Crippen molar-refractivity contribution in [3.8, 4) is 0 Å². The lowest BCUT2D eigenvalue weighted by Crippen LogP contribution is -2.49. The largest absolute Gasteiger partial charge is 0.468 e. The highest BCUT2D eigenvalue weighted by Crippen LogP contribution is 2.31. The van der Waals surface area contributed by atoms with Gasteiger partial charge >= 0.3 is 12.0 Å². The van der Waals surface area contributed by atoms with Crippen LogP contribution in [0.1, 0.15) is 19.4 Å². The Balaban J connectivity index is 2.51. The van der Waals surface area contributed by atoms with Crippen LogP contribution in [0.15, 0.2) is 29.1 Å². The van der Waals surface area contributed by atoms with Gasteiger partial charge < -0.3 is 10.5 Å². The molecule has 0 aliphatic carbocycles. The minimum Gasteiger partial charge on any atom is -0.468 e. The topological polar surface area (TPSA) is 102 Å². The van der Waals surface area contributed by atoms with Gasteiger partial charge in [0.05, 0.1) is 24.4 Å². The quantitative estimate of drug-likeness (QED) is 0.657. The first-order chi connectivity index (χ1) is 11.4. The molecule has 0 atom stereocenters. The van der Waals surface area contributed by atoms with Crippen LogP contribution in [0.3, 0.4) is 0 Å². The highest BCUT2D eigenvalue weighted by Gasteiger charge is 2.35. The smallest absolute Gasteiger partial charge is 0.331 e. The highest BCUT2D eigenvalue weighted by molar-refractivity contribution is 6.32. The molecular formula is C15H18ClN5O3. The number of anilines is 2. The van der Waals surface area contributed by atoms with Gasteiger partial charge in [0.15, 0.2) is 0 Å². The fourth-order valence-corrected chi connectivity index (χ4v) is 2.54. The Kier molecular flexibility index (Phi) is 5.40. The molecule has 128 valence electrons. The number of nitrogen functional groups attached to an aromatic ring is 1. The molecule has 2 N–H and O–H groups in total. The number of carbonyl (C=O) groups is 2. The summed E-state index contributed by atoms with van der Waals surface area (Å²) in [6.07, 6.45) is 4.93. The van der Waals surface area contributed by atoms with E-state index in [1.54, 1.807) is 26.0 Å². The molecule has 0 bridgehead atoms. The van der Waals surface area contributed by atoms with Crippen molar-refractivity contribution in [2.45, 2.75) is 20.4 Å². The number of carbonyl (C=O) groups excluding carboxylic acids is 2. The number of amides is 2. The summed E-state index contributed by atoms with van der Waals surface area (Å²) < 4.78 is 4.66. The van der Waals surface area contributed by atoms with Crippen molar-refractivity contribution in [3.05, 3.63) is 34.6 Å². The van der Waals surface area contributed by atoms with E-state index in [1.165, 1.54) is 23.1 Å². The number of fused-ring (bicyclic) bond motifs is 1. The molecule has 0 saturated heterocycles. The first kappa shape index (κ1) is 17.7. The van der Waals surface area contributed by atoms with Crippen molar-refractivity contribution in [1.82, 2.24) is 14.9 Å². The highest BCUT2D eigenvalue weighted by atomic mass is 35.5. The number of nitrogens with zero attached hydrogens (tertiary/aromatic N) is 4. The standard InChI is InChI=1S/C15H18ClN5O3/c1-4-10(16)11(5-2)20-7-9-6-18-14(17)19-13(9)21(15(20)23)8-12(22)24-3/h4-6H,7-8H2,1-3H3,(H2,17,18,19)/b10-4+,11-5+. The molecule has 24 heavy (non-hydrogen) atoms. The number of methoxy groups -OCH3 is 1. The van der Waals surface area contributed by atoms with Crippen LogP contribution in [0, 0.1) is 0 Å². The number of rotatable bonds is 4. The van der Waals surface area contributed by atoms with Crippen LogP contribution in [0.2, 0.25) is 0 Å². The summed E-state index contributed by atoms with van der Waals surface area (Å²) in [5.74, 6) is -0.267. The zero-order valence-corrected chi connectivity index (χ0v) is 14.4. The van der Waals surface area contributed by atoms with Gasteiger partial charge in [-0.3, -0.25) is 14.6 Å². The number of halogens is 1. The molecule has 1 aromatic heterocycles. The third-order valence-corrected chi connectivity index (χ3v) is 3.90. The van der Waals surface area contributed by atoms with Crippen molar-refractivity contribution in [2.24, 2.45) is 0 Å². The van der Waals surface area contributed by atoms with E-state index < -0.39 is 12.0 Å². The molecule has 0 fully saturated rings. The van der Waals surface area contributed by atoms with E-state index in [0.717, 1.165) is 0 Å². The van der Waals surface area contributed by atoms with Crippen LogP contribution in [0.4, 0.5) is 16.6 Å². The molecule has 0 unspecified atom stereocenters.